The molecule has 0 spiro atoms. The van der Waals surface area contributed by atoms with Gasteiger partial charge in [0, 0.05) is 30.2 Å². The quantitative estimate of drug-likeness (QED) is 0.721. The van der Waals surface area contributed by atoms with Gasteiger partial charge in [-0.2, -0.15) is 0 Å². The molecule has 2 heterocycles. The lowest BCUT2D eigenvalue weighted by Gasteiger charge is -2.22. The molecule has 1 aromatic heterocycles. The van der Waals surface area contributed by atoms with Crippen LogP contribution in [0.15, 0.2) is 30.9 Å². The van der Waals surface area contributed by atoms with Crippen molar-refractivity contribution in [2.45, 2.75) is 13.0 Å². The summed E-state index contributed by atoms with van der Waals surface area (Å²) < 4.78 is 0. The third-order valence-electron chi connectivity index (χ3n) is 3.19. The van der Waals surface area contributed by atoms with Crippen LogP contribution in [0.1, 0.15) is 11.1 Å². The van der Waals surface area contributed by atoms with Crippen LogP contribution in [0.2, 0.25) is 0 Å². The Morgan fingerprint density at radius 2 is 1.94 bits per heavy atom. The van der Waals surface area contributed by atoms with Gasteiger partial charge in [0.2, 0.25) is 0 Å². The summed E-state index contributed by atoms with van der Waals surface area (Å²) in [4.78, 5) is 8.15. The lowest BCUT2D eigenvalue weighted by molar-refractivity contribution is 0.646. The lowest BCUT2D eigenvalue weighted by atomic mass is 9.91. The Morgan fingerprint density at radius 3 is 2.76 bits per heavy atom. The minimum Gasteiger partial charge on any atom is -0.398 e. The number of nitrogens with one attached hydrogen (secondary N) is 1. The Morgan fingerprint density at radius 1 is 1.12 bits per heavy atom. The van der Waals surface area contributed by atoms with Gasteiger partial charge in [0.1, 0.15) is 6.33 Å². The zero-order valence-electron chi connectivity index (χ0n) is 9.48. The summed E-state index contributed by atoms with van der Waals surface area (Å²) in [6.45, 7) is 1.85. The largest absolute Gasteiger partial charge is 0.398 e. The van der Waals surface area contributed by atoms with Crippen molar-refractivity contribution >= 4 is 5.69 Å². The standard InChI is InChI=1S/C13H14N4/c14-13-2-1-10(9-5-16-8-17-6-9)11-3-4-15-7-12(11)13/h1-2,5-6,8,15H,3-4,7,14H2. The first-order chi connectivity index (χ1) is 8.36. The molecule has 2 aromatic rings. The van der Waals surface area contributed by atoms with E-state index in [0.717, 1.165) is 30.8 Å². The van der Waals surface area contributed by atoms with Gasteiger partial charge in [-0.05, 0) is 35.7 Å². The average molecular weight is 226 g/mol. The molecule has 4 heteroatoms. The molecule has 0 saturated carbocycles. The number of rotatable bonds is 1. The summed E-state index contributed by atoms with van der Waals surface area (Å²) in [5.41, 5.74) is 11.7. The SMILES string of the molecule is Nc1ccc(-c2cncnc2)c2c1CNCC2. The molecule has 0 atom stereocenters. The molecule has 86 valence electrons. The maximum Gasteiger partial charge on any atom is 0.115 e. The predicted octanol–water partition coefficient (Wildman–Crippen LogP) is 1.37. The monoisotopic (exact) mass is 226 g/mol. The van der Waals surface area contributed by atoms with Crippen LogP contribution in [0.5, 0.6) is 0 Å². The summed E-state index contributed by atoms with van der Waals surface area (Å²) in [5.74, 6) is 0. The Bertz CT molecular complexity index is 537. The van der Waals surface area contributed by atoms with Gasteiger partial charge in [-0.3, -0.25) is 0 Å². The highest BCUT2D eigenvalue weighted by molar-refractivity contribution is 5.72. The third-order valence-corrected chi connectivity index (χ3v) is 3.19. The van der Waals surface area contributed by atoms with Crippen LogP contribution in [0.25, 0.3) is 11.1 Å². The minimum absolute atomic E-state index is 0.850. The molecular weight excluding hydrogens is 212 g/mol. The smallest absolute Gasteiger partial charge is 0.115 e. The molecule has 0 amide bonds. The van der Waals surface area contributed by atoms with Crippen molar-refractivity contribution < 1.29 is 0 Å². The van der Waals surface area contributed by atoms with Gasteiger partial charge in [0.15, 0.2) is 0 Å². The van der Waals surface area contributed by atoms with Gasteiger partial charge < -0.3 is 11.1 Å². The molecule has 0 bridgehead atoms. The van der Waals surface area contributed by atoms with E-state index in [1.807, 2.05) is 18.5 Å². The molecule has 0 radical (unpaired) electrons. The number of nitrogen functional groups attached to an aromatic ring is 1. The van der Waals surface area contributed by atoms with Crippen LogP contribution in [-0.2, 0) is 13.0 Å². The average Bonchev–Trinajstić information content (AvgIpc) is 2.41. The van der Waals surface area contributed by atoms with Crippen molar-refractivity contribution in [2.75, 3.05) is 12.3 Å². The van der Waals surface area contributed by atoms with Crippen LogP contribution in [0.3, 0.4) is 0 Å². The van der Waals surface area contributed by atoms with Crippen LogP contribution in [-0.4, -0.2) is 16.5 Å². The van der Waals surface area contributed by atoms with Crippen LogP contribution in [0.4, 0.5) is 5.69 Å². The molecule has 1 aliphatic rings. The summed E-state index contributed by atoms with van der Waals surface area (Å²) in [5, 5.41) is 3.35. The Kier molecular flexibility index (Phi) is 2.49. The molecular formula is C13H14N4. The fourth-order valence-electron chi connectivity index (χ4n) is 2.34. The zero-order valence-corrected chi connectivity index (χ0v) is 9.48. The van der Waals surface area contributed by atoms with Crippen molar-refractivity contribution in [1.82, 2.24) is 15.3 Å². The van der Waals surface area contributed by atoms with Gasteiger partial charge in [-0.1, -0.05) is 6.07 Å². The third kappa shape index (κ3) is 1.76. The molecule has 1 aromatic carbocycles. The molecule has 0 fully saturated rings. The number of hydrogen-bond acceptors (Lipinski definition) is 4. The Hall–Kier alpha value is -1.94. The van der Waals surface area contributed by atoms with Crippen molar-refractivity contribution in [1.29, 1.82) is 0 Å². The number of nitrogens with two attached hydrogens (primary N) is 1. The highest BCUT2D eigenvalue weighted by Crippen LogP contribution is 2.30. The second-order valence-electron chi connectivity index (χ2n) is 4.21. The summed E-state index contributed by atoms with van der Waals surface area (Å²) in [6, 6.07) is 4.03. The van der Waals surface area contributed by atoms with E-state index in [1.54, 1.807) is 6.33 Å². The fraction of sp³-hybridized carbons (Fsp3) is 0.231. The number of nitrogens with zero attached hydrogens (tertiary/aromatic N) is 2. The number of benzene rings is 1. The molecule has 17 heavy (non-hydrogen) atoms. The minimum atomic E-state index is 0.850. The van der Waals surface area contributed by atoms with E-state index >= 15 is 0 Å². The van der Waals surface area contributed by atoms with Gasteiger partial charge in [0.05, 0.1) is 0 Å². The van der Waals surface area contributed by atoms with Crippen LogP contribution < -0.4 is 11.1 Å². The molecule has 3 rings (SSSR count). The van der Waals surface area contributed by atoms with Crippen molar-refractivity contribution in [2.24, 2.45) is 0 Å². The number of aromatic nitrogens is 2. The first-order valence-corrected chi connectivity index (χ1v) is 5.72. The number of anilines is 1. The van der Waals surface area contributed by atoms with Crippen LogP contribution in [0, 0.1) is 0 Å². The summed E-state index contributed by atoms with van der Waals surface area (Å²) >= 11 is 0. The normalized spacial score (nSPS) is 14.4. The van der Waals surface area contributed by atoms with E-state index in [0.29, 0.717) is 0 Å². The zero-order chi connectivity index (χ0) is 11.7. The van der Waals surface area contributed by atoms with E-state index in [1.165, 1.54) is 16.7 Å². The first-order valence-electron chi connectivity index (χ1n) is 5.72. The van der Waals surface area contributed by atoms with Gasteiger partial charge in [0.25, 0.3) is 0 Å². The number of fused-ring (bicyclic) bond motifs is 1. The molecule has 0 unspecified atom stereocenters. The fourth-order valence-corrected chi connectivity index (χ4v) is 2.34. The van der Waals surface area contributed by atoms with Crippen molar-refractivity contribution in [3.8, 4) is 11.1 Å². The van der Waals surface area contributed by atoms with Crippen LogP contribution >= 0.6 is 0 Å². The predicted molar refractivity (Wildman–Crippen MR) is 67.3 cm³/mol. The molecule has 0 saturated heterocycles. The second-order valence-corrected chi connectivity index (χ2v) is 4.21. The Labute approximate surface area is 99.9 Å². The van der Waals surface area contributed by atoms with E-state index in [9.17, 15) is 0 Å². The highest BCUT2D eigenvalue weighted by atomic mass is 14.9. The second kappa shape index (κ2) is 4.14. The van der Waals surface area contributed by atoms with Gasteiger partial charge in [-0.25, -0.2) is 9.97 Å². The summed E-state index contributed by atoms with van der Waals surface area (Å²) in [7, 11) is 0. The lowest BCUT2D eigenvalue weighted by Crippen LogP contribution is -2.25. The van der Waals surface area contributed by atoms with Crippen molar-refractivity contribution in [3.63, 3.8) is 0 Å². The topological polar surface area (TPSA) is 63.8 Å². The first kappa shape index (κ1) is 10.2. The van der Waals surface area contributed by atoms with Gasteiger partial charge >= 0.3 is 0 Å². The molecule has 3 N–H and O–H groups in total. The van der Waals surface area contributed by atoms with E-state index in [-0.39, 0.29) is 0 Å². The summed E-state index contributed by atoms with van der Waals surface area (Å²) in [6.07, 6.45) is 6.25. The highest BCUT2D eigenvalue weighted by Gasteiger charge is 2.16. The van der Waals surface area contributed by atoms with E-state index in [2.05, 4.69) is 21.4 Å². The number of hydrogen-bond donors (Lipinski definition) is 2. The molecule has 0 aliphatic carbocycles. The molecule has 4 nitrogen and oxygen atoms in total. The van der Waals surface area contributed by atoms with E-state index < -0.39 is 0 Å². The maximum atomic E-state index is 6.02. The van der Waals surface area contributed by atoms with Gasteiger partial charge in [-0.15, -0.1) is 0 Å². The molecule has 1 aliphatic heterocycles. The van der Waals surface area contributed by atoms with E-state index in [4.69, 9.17) is 5.73 Å². The Balaban J connectivity index is 2.18. The maximum absolute atomic E-state index is 6.02. The van der Waals surface area contributed by atoms with Crippen molar-refractivity contribution in [3.05, 3.63) is 42.0 Å².